The fourth-order valence-electron chi connectivity index (χ4n) is 5.82. The number of benzene rings is 1. The van der Waals surface area contributed by atoms with Gasteiger partial charge in [0.05, 0.1) is 17.9 Å². The summed E-state index contributed by atoms with van der Waals surface area (Å²) in [5.41, 5.74) is -0.288. The van der Waals surface area contributed by atoms with Crippen LogP contribution in [0.5, 0.6) is 0 Å². The lowest BCUT2D eigenvalue weighted by Crippen LogP contribution is -2.55. The Morgan fingerprint density at radius 2 is 1.94 bits per heavy atom. The maximum Gasteiger partial charge on any atom is 0.245 e. The van der Waals surface area contributed by atoms with Crippen LogP contribution in [0.4, 0.5) is 5.69 Å². The maximum atomic E-state index is 13.6. The minimum atomic E-state index is -0.964. The minimum absolute atomic E-state index is 0.0329. The average molecular weight is 458 g/mol. The molecular formula is C25H35N3O5. The van der Waals surface area contributed by atoms with Crippen molar-refractivity contribution in [2.24, 2.45) is 11.8 Å². The van der Waals surface area contributed by atoms with Crippen LogP contribution in [0.1, 0.15) is 51.9 Å². The van der Waals surface area contributed by atoms with E-state index in [0.717, 1.165) is 19.3 Å². The first-order valence-corrected chi connectivity index (χ1v) is 12.3. The molecule has 1 aromatic rings. The Kier molecular flexibility index (Phi) is 7.34. The van der Waals surface area contributed by atoms with Crippen molar-refractivity contribution in [1.82, 2.24) is 10.2 Å². The SMILES string of the molecule is CCCCCNC(=O)C1N(CCCCO)C(=O)[C@@H]2[C@@H](C(=O)Nc3ccccc3)[C@H]3CCC12O3. The summed E-state index contributed by atoms with van der Waals surface area (Å²) in [6.07, 6.45) is 4.99. The number of rotatable bonds is 11. The summed E-state index contributed by atoms with van der Waals surface area (Å²) < 4.78 is 6.39. The van der Waals surface area contributed by atoms with Crippen molar-refractivity contribution in [3.8, 4) is 0 Å². The Labute approximate surface area is 195 Å². The molecule has 8 nitrogen and oxygen atoms in total. The zero-order valence-electron chi connectivity index (χ0n) is 19.3. The monoisotopic (exact) mass is 457 g/mol. The largest absolute Gasteiger partial charge is 0.396 e. The average Bonchev–Trinajstić information content (AvgIpc) is 3.45. The Morgan fingerprint density at radius 3 is 2.67 bits per heavy atom. The van der Waals surface area contributed by atoms with E-state index in [9.17, 15) is 19.5 Å². The predicted molar refractivity (Wildman–Crippen MR) is 123 cm³/mol. The van der Waals surface area contributed by atoms with Crippen LogP contribution in [0, 0.1) is 11.8 Å². The second-order valence-electron chi connectivity index (χ2n) is 9.37. The highest BCUT2D eigenvalue weighted by molar-refractivity contribution is 6.01. The molecule has 3 heterocycles. The number of amides is 3. The van der Waals surface area contributed by atoms with Gasteiger partial charge in [-0.3, -0.25) is 14.4 Å². The van der Waals surface area contributed by atoms with Crippen molar-refractivity contribution < 1.29 is 24.2 Å². The number of aliphatic hydroxyl groups excluding tert-OH is 1. The molecule has 8 heteroatoms. The summed E-state index contributed by atoms with van der Waals surface area (Å²) in [4.78, 5) is 41.9. The van der Waals surface area contributed by atoms with Crippen LogP contribution in [0.3, 0.4) is 0 Å². The van der Waals surface area contributed by atoms with Gasteiger partial charge in [0.1, 0.15) is 11.6 Å². The van der Waals surface area contributed by atoms with Crippen molar-refractivity contribution in [3.63, 3.8) is 0 Å². The molecule has 3 aliphatic heterocycles. The molecule has 5 atom stereocenters. The molecule has 3 aliphatic rings. The van der Waals surface area contributed by atoms with Gasteiger partial charge in [0.15, 0.2) is 0 Å². The van der Waals surface area contributed by atoms with Crippen molar-refractivity contribution in [3.05, 3.63) is 30.3 Å². The summed E-state index contributed by atoms with van der Waals surface area (Å²) in [7, 11) is 0. The van der Waals surface area contributed by atoms with Crippen LogP contribution in [-0.4, -0.2) is 65.2 Å². The van der Waals surface area contributed by atoms with E-state index in [2.05, 4.69) is 17.6 Å². The molecule has 3 fully saturated rings. The zero-order valence-corrected chi connectivity index (χ0v) is 19.3. The van der Waals surface area contributed by atoms with E-state index in [0.29, 0.717) is 44.5 Å². The van der Waals surface area contributed by atoms with Gasteiger partial charge in [-0.15, -0.1) is 0 Å². The summed E-state index contributed by atoms with van der Waals surface area (Å²) in [6.45, 7) is 3.07. The molecule has 33 heavy (non-hydrogen) atoms. The van der Waals surface area contributed by atoms with Crippen molar-refractivity contribution in [2.45, 2.75) is 69.6 Å². The van der Waals surface area contributed by atoms with Gasteiger partial charge >= 0.3 is 0 Å². The number of aliphatic hydroxyl groups is 1. The third kappa shape index (κ3) is 4.38. The van der Waals surface area contributed by atoms with Crippen LogP contribution in [0.25, 0.3) is 0 Å². The van der Waals surface area contributed by atoms with E-state index in [1.807, 2.05) is 30.3 Å². The topological polar surface area (TPSA) is 108 Å². The molecule has 180 valence electrons. The van der Waals surface area contributed by atoms with E-state index >= 15 is 0 Å². The van der Waals surface area contributed by atoms with E-state index in [1.165, 1.54) is 0 Å². The molecule has 0 aromatic heterocycles. The molecular weight excluding hydrogens is 422 g/mol. The summed E-state index contributed by atoms with van der Waals surface area (Å²) >= 11 is 0. The number of hydrogen-bond acceptors (Lipinski definition) is 5. The second-order valence-corrected chi connectivity index (χ2v) is 9.37. The minimum Gasteiger partial charge on any atom is -0.396 e. The Balaban J connectivity index is 1.57. The molecule has 1 spiro atoms. The number of carbonyl (C=O) groups excluding carboxylic acids is 3. The number of hydrogen-bond donors (Lipinski definition) is 3. The Morgan fingerprint density at radius 1 is 1.15 bits per heavy atom. The summed E-state index contributed by atoms with van der Waals surface area (Å²) in [5, 5.41) is 15.2. The normalized spacial score (nSPS) is 29.9. The van der Waals surface area contributed by atoms with Gasteiger partial charge in [0.2, 0.25) is 17.7 Å². The fraction of sp³-hybridized carbons (Fsp3) is 0.640. The Hall–Kier alpha value is -2.45. The van der Waals surface area contributed by atoms with E-state index in [4.69, 9.17) is 4.74 Å². The van der Waals surface area contributed by atoms with Crippen LogP contribution < -0.4 is 10.6 Å². The van der Waals surface area contributed by atoms with E-state index in [1.54, 1.807) is 4.90 Å². The molecule has 3 saturated heterocycles. The highest BCUT2D eigenvalue weighted by Crippen LogP contribution is 2.58. The molecule has 3 N–H and O–H groups in total. The first kappa shape index (κ1) is 23.7. The standard InChI is InChI=1S/C25H35N3O5/c1-2-3-7-14-26-23(31)21-25-13-12-18(33-25)19(22(30)27-17-10-5-4-6-11-17)20(25)24(32)28(21)15-8-9-16-29/h4-6,10-11,18-21,29H,2-3,7-9,12-16H2,1H3,(H,26,31)(H,27,30)/t18-,19+,20+,21?,25?/m1/s1. The number of ether oxygens (including phenoxy) is 1. The molecule has 0 aliphatic carbocycles. The third-order valence-corrected chi connectivity index (χ3v) is 7.28. The predicted octanol–water partition coefficient (Wildman–Crippen LogP) is 2.08. The van der Waals surface area contributed by atoms with Crippen LogP contribution in [-0.2, 0) is 19.1 Å². The molecule has 3 amide bonds. The summed E-state index contributed by atoms with van der Waals surface area (Å²) in [6, 6.07) is 8.45. The number of nitrogens with zero attached hydrogens (tertiary/aromatic N) is 1. The van der Waals surface area contributed by atoms with Crippen molar-refractivity contribution in [1.29, 1.82) is 0 Å². The quantitative estimate of drug-likeness (QED) is 0.441. The smallest absolute Gasteiger partial charge is 0.245 e. The van der Waals surface area contributed by atoms with Crippen LogP contribution >= 0.6 is 0 Å². The lowest BCUT2D eigenvalue weighted by Gasteiger charge is -2.33. The fourth-order valence-corrected chi connectivity index (χ4v) is 5.82. The zero-order chi connectivity index (χ0) is 23.4. The number of likely N-dealkylation sites (tertiary alicyclic amines) is 1. The van der Waals surface area contributed by atoms with Gasteiger partial charge in [-0.1, -0.05) is 38.0 Å². The Bertz CT molecular complexity index is 863. The number of unbranched alkanes of at least 4 members (excludes halogenated alkanes) is 3. The number of fused-ring (bicyclic) bond motifs is 1. The van der Waals surface area contributed by atoms with Crippen molar-refractivity contribution in [2.75, 3.05) is 25.0 Å². The van der Waals surface area contributed by atoms with Gasteiger partial charge in [-0.2, -0.15) is 0 Å². The van der Waals surface area contributed by atoms with E-state index in [-0.39, 0.29) is 30.4 Å². The first-order chi connectivity index (χ1) is 16.0. The molecule has 2 bridgehead atoms. The van der Waals surface area contributed by atoms with Crippen LogP contribution in [0.2, 0.25) is 0 Å². The maximum absolute atomic E-state index is 13.6. The van der Waals surface area contributed by atoms with Gasteiger partial charge < -0.3 is 25.4 Å². The van der Waals surface area contributed by atoms with Gasteiger partial charge in [-0.25, -0.2) is 0 Å². The molecule has 2 unspecified atom stereocenters. The number of anilines is 1. The molecule has 0 radical (unpaired) electrons. The first-order valence-electron chi connectivity index (χ1n) is 12.3. The van der Waals surface area contributed by atoms with Gasteiger partial charge in [-0.05, 0) is 44.2 Å². The molecule has 4 rings (SSSR count). The number of nitrogens with one attached hydrogen (secondary N) is 2. The van der Waals surface area contributed by atoms with Crippen LogP contribution in [0.15, 0.2) is 30.3 Å². The molecule has 0 saturated carbocycles. The van der Waals surface area contributed by atoms with Gasteiger partial charge in [0, 0.05) is 25.4 Å². The van der Waals surface area contributed by atoms with E-state index < -0.39 is 23.5 Å². The third-order valence-electron chi connectivity index (χ3n) is 7.28. The number of carbonyl (C=O) groups is 3. The molecule has 1 aromatic carbocycles. The number of para-hydroxylation sites is 1. The lowest BCUT2D eigenvalue weighted by molar-refractivity contribution is -0.141. The summed E-state index contributed by atoms with van der Waals surface area (Å²) in [5.74, 6) is -1.90. The second kappa shape index (κ2) is 10.2. The highest BCUT2D eigenvalue weighted by atomic mass is 16.5. The highest BCUT2D eigenvalue weighted by Gasteiger charge is 2.74. The van der Waals surface area contributed by atoms with Gasteiger partial charge in [0.25, 0.3) is 0 Å². The lowest BCUT2D eigenvalue weighted by atomic mass is 9.70. The van der Waals surface area contributed by atoms with Crippen molar-refractivity contribution >= 4 is 23.4 Å².